The Kier molecular flexibility index (Phi) is 3.39. The Morgan fingerprint density at radius 2 is 2.15 bits per heavy atom. The van der Waals surface area contributed by atoms with Crippen LogP contribution in [0.3, 0.4) is 0 Å². The maximum Gasteiger partial charge on any atom is 0.145 e. The van der Waals surface area contributed by atoms with Gasteiger partial charge in [-0.25, -0.2) is 4.39 Å². The monoisotopic (exact) mass is 277 g/mol. The molecule has 1 aliphatic heterocycles. The molecule has 2 nitrogen and oxygen atoms in total. The van der Waals surface area contributed by atoms with Crippen molar-refractivity contribution < 1.29 is 9.13 Å². The van der Waals surface area contributed by atoms with Crippen LogP contribution in [0.4, 0.5) is 10.1 Å². The van der Waals surface area contributed by atoms with E-state index in [2.05, 4.69) is 26.1 Å². The number of nitrogens with one attached hydrogen (secondary N) is 1. The predicted octanol–water partition coefficient (Wildman–Crippen LogP) is 4.60. The maximum atomic E-state index is 13.3. The lowest BCUT2D eigenvalue weighted by Crippen LogP contribution is -2.48. The number of rotatable bonds is 2. The molecule has 3 unspecified atom stereocenters. The Morgan fingerprint density at radius 3 is 2.90 bits per heavy atom. The highest BCUT2D eigenvalue weighted by Crippen LogP contribution is 2.44. The Balaban J connectivity index is 1.78. The van der Waals surface area contributed by atoms with Crippen molar-refractivity contribution in [2.45, 2.75) is 58.6 Å². The van der Waals surface area contributed by atoms with Crippen molar-refractivity contribution >= 4 is 5.69 Å². The molecule has 0 aromatic heterocycles. The van der Waals surface area contributed by atoms with Gasteiger partial charge in [0.15, 0.2) is 0 Å². The molecular weight excluding hydrogens is 253 g/mol. The summed E-state index contributed by atoms with van der Waals surface area (Å²) in [6.07, 6.45) is 4.80. The van der Waals surface area contributed by atoms with Crippen molar-refractivity contribution in [3.8, 4) is 5.75 Å². The zero-order valence-corrected chi connectivity index (χ0v) is 12.6. The molecule has 1 aromatic carbocycles. The van der Waals surface area contributed by atoms with Crippen molar-refractivity contribution in [3.05, 3.63) is 24.0 Å². The lowest BCUT2D eigenvalue weighted by atomic mass is 9.67. The van der Waals surface area contributed by atoms with Gasteiger partial charge in [-0.2, -0.15) is 0 Å². The first-order chi connectivity index (χ1) is 9.49. The average Bonchev–Trinajstić information content (AvgIpc) is 2.44. The molecule has 0 amide bonds. The van der Waals surface area contributed by atoms with E-state index in [4.69, 9.17) is 4.74 Å². The number of ether oxygens (including phenoxy) is 1. The predicted molar refractivity (Wildman–Crippen MR) is 79.6 cm³/mol. The fourth-order valence-electron chi connectivity index (χ4n) is 3.51. The average molecular weight is 277 g/mol. The van der Waals surface area contributed by atoms with Crippen LogP contribution in [0.15, 0.2) is 18.2 Å². The fraction of sp³-hybridized carbons (Fsp3) is 0.647. The van der Waals surface area contributed by atoms with E-state index in [9.17, 15) is 4.39 Å². The molecule has 1 aromatic rings. The number of fused-ring (bicyclic) bond motifs is 2. The van der Waals surface area contributed by atoms with Crippen LogP contribution in [-0.4, -0.2) is 12.1 Å². The van der Waals surface area contributed by atoms with Gasteiger partial charge in [-0.15, -0.1) is 0 Å². The third-order valence-electron chi connectivity index (χ3n) is 5.37. The summed E-state index contributed by atoms with van der Waals surface area (Å²) in [7, 11) is 0. The van der Waals surface area contributed by atoms with Gasteiger partial charge < -0.3 is 10.1 Å². The number of anilines is 1. The summed E-state index contributed by atoms with van der Waals surface area (Å²) in [6, 6.07) is 5.12. The molecule has 0 saturated heterocycles. The summed E-state index contributed by atoms with van der Waals surface area (Å²) in [5.41, 5.74) is 1.32. The third kappa shape index (κ3) is 2.38. The van der Waals surface area contributed by atoms with Crippen molar-refractivity contribution in [2.75, 3.05) is 5.32 Å². The molecule has 3 rings (SSSR count). The van der Waals surface area contributed by atoms with E-state index in [0.717, 1.165) is 24.4 Å². The summed E-state index contributed by atoms with van der Waals surface area (Å²) in [5.74, 6) is 1.16. The topological polar surface area (TPSA) is 21.3 Å². The van der Waals surface area contributed by atoms with Crippen LogP contribution in [0.2, 0.25) is 0 Å². The second-order valence-corrected chi connectivity index (χ2v) is 6.90. The van der Waals surface area contributed by atoms with Crippen LogP contribution in [0, 0.1) is 17.2 Å². The molecule has 0 radical (unpaired) electrons. The maximum absolute atomic E-state index is 13.3. The Morgan fingerprint density at radius 1 is 1.35 bits per heavy atom. The number of benzene rings is 1. The summed E-state index contributed by atoms with van der Waals surface area (Å²) in [5, 5.41) is 3.56. The Labute approximate surface area is 120 Å². The van der Waals surface area contributed by atoms with E-state index in [0.29, 0.717) is 17.2 Å². The van der Waals surface area contributed by atoms with Crippen LogP contribution in [0.1, 0.15) is 46.5 Å². The first-order valence-corrected chi connectivity index (χ1v) is 7.72. The molecule has 1 N–H and O–H groups in total. The standard InChI is InChI=1S/C17H24FNO/c1-4-17(2,3)11-5-8-15-14(9-11)19-13-7-6-12(18)10-16(13)20-15/h6-7,10-11,14-15,19H,4-5,8-9H2,1-3H3. The van der Waals surface area contributed by atoms with E-state index in [1.165, 1.54) is 25.0 Å². The first kappa shape index (κ1) is 13.7. The van der Waals surface area contributed by atoms with E-state index in [1.54, 1.807) is 6.07 Å². The molecule has 110 valence electrons. The van der Waals surface area contributed by atoms with Gasteiger partial charge in [-0.1, -0.05) is 27.2 Å². The highest BCUT2D eigenvalue weighted by Gasteiger charge is 2.40. The summed E-state index contributed by atoms with van der Waals surface area (Å²) in [4.78, 5) is 0. The zero-order valence-electron chi connectivity index (χ0n) is 12.6. The van der Waals surface area contributed by atoms with Crippen molar-refractivity contribution in [1.82, 2.24) is 0 Å². The highest BCUT2D eigenvalue weighted by atomic mass is 19.1. The lowest BCUT2D eigenvalue weighted by Gasteiger charge is -2.45. The minimum Gasteiger partial charge on any atom is -0.486 e. The Hall–Kier alpha value is -1.25. The van der Waals surface area contributed by atoms with Crippen LogP contribution < -0.4 is 10.1 Å². The van der Waals surface area contributed by atoms with Crippen molar-refractivity contribution in [2.24, 2.45) is 11.3 Å². The van der Waals surface area contributed by atoms with Gasteiger partial charge in [0.25, 0.3) is 0 Å². The summed E-state index contributed by atoms with van der Waals surface area (Å²) in [6.45, 7) is 7.00. The second-order valence-electron chi connectivity index (χ2n) is 6.90. The third-order valence-corrected chi connectivity index (χ3v) is 5.37. The van der Waals surface area contributed by atoms with Crippen LogP contribution in [0.25, 0.3) is 0 Å². The van der Waals surface area contributed by atoms with Gasteiger partial charge in [0.05, 0.1) is 11.7 Å². The number of hydrogen-bond donors (Lipinski definition) is 1. The van der Waals surface area contributed by atoms with Crippen molar-refractivity contribution in [1.29, 1.82) is 0 Å². The van der Waals surface area contributed by atoms with Crippen LogP contribution in [-0.2, 0) is 0 Å². The van der Waals surface area contributed by atoms with Gasteiger partial charge in [0, 0.05) is 6.07 Å². The number of halogens is 1. The van der Waals surface area contributed by atoms with Crippen LogP contribution in [0.5, 0.6) is 5.75 Å². The van der Waals surface area contributed by atoms with Crippen molar-refractivity contribution in [3.63, 3.8) is 0 Å². The van der Waals surface area contributed by atoms with Gasteiger partial charge in [0.1, 0.15) is 17.7 Å². The molecule has 0 bridgehead atoms. The quantitative estimate of drug-likeness (QED) is 0.852. The SMILES string of the molecule is CCC(C)(C)C1CCC2Oc3cc(F)ccc3NC2C1. The summed E-state index contributed by atoms with van der Waals surface area (Å²) >= 11 is 0. The lowest BCUT2D eigenvalue weighted by molar-refractivity contribution is 0.0611. The molecular formula is C17H24FNO. The fourth-order valence-corrected chi connectivity index (χ4v) is 3.51. The van der Waals surface area contributed by atoms with Gasteiger partial charge in [-0.05, 0) is 42.7 Å². The second kappa shape index (κ2) is 4.94. The zero-order chi connectivity index (χ0) is 14.3. The van der Waals surface area contributed by atoms with Crippen LogP contribution >= 0.6 is 0 Å². The smallest absolute Gasteiger partial charge is 0.145 e. The molecule has 3 atom stereocenters. The first-order valence-electron chi connectivity index (χ1n) is 7.72. The minimum atomic E-state index is -0.232. The Bertz CT molecular complexity index is 500. The van der Waals surface area contributed by atoms with Gasteiger partial charge in [-0.3, -0.25) is 0 Å². The molecule has 1 fully saturated rings. The molecule has 1 heterocycles. The number of hydrogen-bond acceptors (Lipinski definition) is 2. The molecule has 20 heavy (non-hydrogen) atoms. The van der Waals surface area contributed by atoms with Gasteiger partial charge in [0.2, 0.25) is 0 Å². The molecule has 1 saturated carbocycles. The summed E-state index contributed by atoms with van der Waals surface area (Å²) < 4.78 is 19.3. The minimum absolute atomic E-state index is 0.188. The molecule has 3 heteroatoms. The molecule has 0 spiro atoms. The largest absolute Gasteiger partial charge is 0.486 e. The van der Waals surface area contributed by atoms with E-state index in [-0.39, 0.29) is 11.9 Å². The van der Waals surface area contributed by atoms with Gasteiger partial charge >= 0.3 is 0 Å². The molecule has 2 aliphatic rings. The van der Waals surface area contributed by atoms with E-state index >= 15 is 0 Å². The van der Waals surface area contributed by atoms with E-state index < -0.39 is 0 Å². The van der Waals surface area contributed by atoms with E-state index in [1.807, 2.05) is 0 Å². The highest BCUT2D eigenvalue weighted by molar-refractivity contribution is 5.59. The molecule has 1 aliphatic carbocycles. The normalized spacial score (nSPS) is 28.9.